The van der Waals surface area contributed by atoms with Gasteiger partial charge in [-0.2, -0.15) is 0 Å². The number of hydrogen-bond donors (Lipinski definition) is 2. The summed E-state index contributed by atoms with van der Waals surface area (Å²) in [5.41, 5.74) is 4.30. The van der Waals surface area contributed by atoms with Gasteiger partial charge in [-0.3, -0.25) is 0 Å². The van der Waals surface area contributed by atoms with E-state index in [0.29, 0.717) is 0 Å². The molecule has 0 aromatic heterocycles. The quantitative estimate of drug-likeness (QED) is 0.586. The molecule has 0 saturated carbocycles. The maximum Gasteiger partial charge on any atom is 0.407 e. The molecule has 1 amide bonds. The molecule has 0 spiro atoms. The van der Waals surface area contributed by atoms with Crippen molar-refractivity contribution in [2.45, 2.75) is 25.1 Å². The second-order valence-corrected chi connectivity index (χ2v) is 7.10. The molecule has 3 aromatic rings. The summed E-state index contributed by atoms with van der Waals surface area (Å²) in [6, 6.07) is 27.9. The number of para-hydroxylation sites is 1. The lowest BCUT2D eigenvalue weighted by Crippen LogP contribution is -2.33. The van der Waals surface area contributed by atoms with Crippen LogP contribution in [0, 0.1) is 0 Å². The predicted molar refractivity (Wildman–Crippen MR) is 116 cm³/mol. The van der Waals surface area contributed by atoms with Gasteiger partial charge in [-0.1, -0.05) is 91.0 Å². The summed E-state index contributed by atoms with van der Waals surface area (Å²) in [7, 11) is 0. The number of carbonyl (C=O) groups is 1. The Balaban J connectivity index is 1.42. The van der Waals surface area contributed by atoms with Gasteiger partial charge in [0.1, 0.15) is 6.61 Å². The number of benzene rings is 3. The van der Waals surface area contributed by atoms with Gasteiger partial charge in [0.25, 0.3) is 0 Å². The largest absolute Gasteiger partial charge is 0.445 e. The van der Waals surface area contributed by atoms with Crippen LogP contribution in [-0.4, -0.2) is 12.1 Å². The van der Waals surface area contributed by atoms with E-state index in [0.717, 1.165) is 23.2 Å². The Labute approximate surface area is 171 Å². The smallest absolute Gasteiger partial charge is 0.407 e. The number of amides is 1. The summed E-state index contributed by atoms with van der Waals surface area (Å²) in [5.74, 6) is 0. The molecule has 3 aromatic carbocycles. The molecule has 1 aliphatic heterocycles. The first-order chi connectivity index (χ1) is 14.3. The van der Waals surface area contributed by atoms with Crippen LogP contribution in [0.2, 0.25) is 0 Å². The van der Waals surface area contributed by atoms with E-state index in [4.69, 9.17) is 4.74 Å². The zero-order valence-corrected chi connectivity index (χ0v) is 16.1. The minimum absolute atomic E-state index is 0.115. The summed E-state index contributed by atoms with van der Waals surface area (Å²) in [4.78, 5) is 12.5. The zero-order chi connectivity index (χ0) is 19.9. The lowest BCUT2D eigenvalue weighted by atomic mass is 9.96. The van der Waals surface area contributed by atoms with Crippen LogP contribution in [0.15, 0.2) is 91.0 Å². The number of rotatable bonds is 6. The summed E-state index contributed by atoms with van der Waals surface area (Å²) >= 11 is 0. The van der Waals surface area contributed by atoms with E-state index in [2.05, 4.69) is 34.9 Å². The molecular formula is C25H24N2O2. The molecule has 0 fully saturated rings. The molecule has 4 rings (SSSR count). The minimum Gasteiger partial charge on any atom is -0.445 e. The van der Waals surface area contributed by atoms with E-state index < -0.39 is 6.09 Å². The number of anilines is 1. The van der Waals surface area contributed by atoms with Crippen molar-refractivity contribution in [1.29, 1.82) is 0 Å². The molecule has 29 heavy (non-hydrogen) atoms. The van der Waals surface area contributed by atoms with Crippen LogP contribution in [-0.2, 0) is 11.3 Å². The second-order valence-electron chi connectivity index (χ2n) is 7.10. The molecule has 0 aliphatic carbocycles. The van der Waals surface area contributed by atoms with Gasteiger partial charge in [0.2, 0.25) is 0 Å². The highest BCUT2D eigenvalue weighted by molar-refractivity contribution is 5.71. The van der Waals surface area contributed by atoms with E-state index in [1.807, 2.05) is 72.8 Å². The van der Waals surface area contributed by atoms with Crippen molar-refractivity contribution in [2.75, 3.05) is 5.32 Å². The van der Waals surface area contributed by atoms with E-state index in [1.54, 1.807) is 0 Å². The van der Waals surface area contributed by atoms with Gasteiger partial charge in [0.15, 0.2) is 0 Å². The van der Waals surface area contributed by atoms with Gasteiger partial charge in [0.05, 0.1) is 6.04 Å². The van der Waals surface area contributed by atoms with Crippen LogP contribution in [0.4, 0.5) is 10.5 Å². The number of nitrogens with one attached hydrogen (secondary N) is 2. The van der Waals surface area contributed by atoms with Gasteiger partial charge in [-0.15, -0.1) is 0 Å². The first-order valence-corrected chi connectivity index (χ1v) is 9.84. The first-order valence-electron chi connectivity index (χ1n) is 9.84. The molecule has 146 valence electrons. The number of carbonyl (C=O) groups excluding carboxylic acids is 1. The molecule has 1 aliphatic rings. The number of hydrogen-bond acceptors (Lipinski definition) is 3. The van der Waals surface area contributed by atoms with Crippen LogP contribution in [0.5, 0.6) is 0 Å². The van der Waals surface area contributed by atoms with Gasteiger partial charge < -0.3 is 15.4 Å². The fourth-order valence-electron chi connectivity index (χ4n) is 3.50. The Kier molecular flexibility index (Phi) is 5.91. The van der Waals surface area contributed by atoms with Crippen molar-refractivity contribution in [3.05, 3.63) is 108 Å². The van der Waals surface area contributed by atoms with Gasteiger partial charge >= 0.3 is 6.09 Å². The minimum atomic E-state index is -0.414. The molecule has 2 N–H and O–H groups in total. The summed E-state index contributed by atoms with van der Waals surface area (Å²) in [6.07, 6.45) is 4.58. The Morgan fingerprint density at radius 1 is 0.931 bits per heavy atom. The predicted octanol–water partition coefficient (Wildman–Crippen LogP) is 5.55. The van der Waals surface area contributed by atoms with Gasteiger partial charge in [-0.25, -0.2) is 4.79 Å². The molecular weight excluding hydrogens is 360 g/mol. The SMILES string of the molecule is O=C(N[C@H](CC1C=Cc2ccccc2N1)c1ccccc1)OCc1ccccc1. The highest BCUT2D eigenvalue weighted by Gasteiger charge is 2.21. The second kappa shape index (κ2) is 9.11. The Morgan fingerprint density at radius 3 is 2.41 bits per heavy atom. The number of ether oxygens (including phenoxy) is 1. The third-order valence-corrected chi connectivity index (χ3v) is 5.01. The maximum atomic E-state index is 12.5. The van der Waals surface area contributed by atoms with E-state index >= 15 is 0 Å². The van der Waals surface area contributed by atoms with Crippen molar-refractivity contribution in [2.24, 2.45) is 0 Å². The molecule has 4 heteroatoms. The zero-order valence-electron chi connectivity index (χ0n) is 16.1. The summed E-state index contributed by atoms with van der Waals surface area (Å²) in [5, 5.41) is 6.59. The summed E-state index contributed by atoms with van der Waals surface area (Å²) < 4.78 is 5.44. The average Bonchev–Trinajstić information content (AvgIpc) is 2.78. The highest BCUT2D eigenvalue weighted by atomic mass is 16.5. The Morgan fingerprint density at radius 2 is 1.62 bits per heavy atom. The molecule has 2 atom stereocenters. The van der Waals surface area contributed by atoms with Crippen LogP contribution in [0.1, 0.15) is 29.2 Å². The lowest BCUT2D eigenvalue weighted by Gasteiger charge is -2.27. The third-order valence-electron chi connectivity index (χ3n) is 5.01. The maximum absolute atomic E-state index is 12.5. The van der Waals surface area contributed by atoms with Crippen molar-refractivity contribution in [3.8, 4) is 0 Å². The van der Waals surface area contributed by atoms with Crippen molar-refractivity contribution >= 4 is 17.9 Å². The highest BCUT2D eigenvalue weighted by Crippen LogP contribution is 2.27. The summed E-state index contributed by atoms with van der Waals surface area (Å²) in [6.45, 7) is 0.253. The fourth-order valence-corrected chi connectivity index (χ4v) is 3.50. The topological polar surface area (TPSA) is 50.4 Å². The molecule has 0 saturated heterocycles. The number of alkyl carbamates (subject to hydrolysis) is 1. The van der Waals surface area contributed by atoms with Crippen molar-refractivity contribution in [1.82, 2.24) is 5.32 Å². The molecule has 0 radical (unpaired) electrons. The van der Waals surface area contributed by atoms with Gasteiger partial charge in [-0.05, 0) is 29.2 Å². The standard InChI is InChI=1S/C25H24N2O2/c28-25(29-18-19-9-3-1-4-10-19)27-24(20-11-5-2-6-12-20)17-22-16-15-21-13-7-8-14-23(21)26-22/h1-16,22,24,26H,17-18H2,(H,27,28)/t22?,24-/m1/s1. The van der Waals surface area contributed by atoms with Crippen LogP contribution in [0.3, 0.4) is 0 Å². The van der Waals surface area contributed by atoms with Crippen molar-refractivity contribution in [3.63, 3.8) is 0 Å². The molecule has 1 heterocycles. The van der Waals surface area contributed by atoms with Crippen molar-refractivity contribution < 1.29 is 9.53 Å². The fraction of sp³-hybridized carbons (Fsp3) is 0.160. The van der Waals surface area contributed by atoms with E-state index in [1.165, 1.54) is 5.56 Å². The van der Waals surface area contributed by atoms with Crippen LogP contribution >= 0.6 is 0 Å². The van der Waals surface area contributed by atoms with Gasteiger partial charge in [0, 0.05) is 11.7 Å². The van der Waals surface area contributed by atoms with Crippen LogP contribution < -0.4 is 10.6 Å². The molecule has 0 bridgehead atoms. The van der Waals surface area contributed by atoms with E-state index in [-0.39, 0.29) is 18.7 Å². The van der Waals surface area contributed by atoms with E-state index in [9.17, 15) is 4.79 Å². The molecule has 4 nitrogen and oxygen atoms in total. The normalized spacial score (nSPS) is 15.7. The lowest BCUT2D eigenvalue weighted by molar-refractivity contribution is 0.135. The van der Waals surface area contributed by atoms with Crippen LogP contribution in [0.25, 0.3) is 6.08 Å². The monoisotopic (exact) mass is 384 g/mol. The Hall–Kier alpha value is -3.53. The third kappa shape index (κ3) is 5.05. The Bertz CT molecular complexity index is 970. The first kappa shape index (κ1) is 18.8. The average molecular weight is 384 g/mol. The number of fused-ring (bicyclic) bond motifs is 1. The molecule has 1 unspecified atom stereocenters.